The van der Waals surface area contributed by atoms with E-state index < -0.39 is 23.0 Å². The van der Waals surface area contributed by atoms with Crippen LogP contribution in [0.3, 0.4) is 0 Å². The van der Waals surface area contributed by atoms with Gasteiger partial charge in [-0.1, -0.05) is 13.0 Å². The Morgan fingerprint density at radius 2 is 2.09 bits per heavy atom. The number of halogens is 2. The number of carbonyl (C=O) groups is 2. The third-order valence-corrected chi connectivity index (χ3v) is 5.44. The standard InChI is InChI=1S/C17H19F2NO3/c1-2-17(16(22)23)9-12-5-6-14(17)20(12)15(21)7-10-3-4-11(18)8-13(10)19/h3-4,8,12,14H,2,5-7,9H2,1H3,(H,22,23)/t12-,14+,17+/m0/s1. The predicted octanol–water partition coefficient (Wildman–Crippen LogP) is 2.75. The Labute approximate surface area is 133 Å². The summed E-state index contributed by atoms with van der Waals surface area (Å²) < 4.78 is 26.7. The van der Waals surface area contributed by atoms with Gasteiger partial charge in [-0.3, -0.25) is 9.59 Å². The lowest BCUT2D eigenvalue weighted by molar-refractivity contribution is -0.151. The van der Waals surface area contributed by atoms with Gasteiger partial charge in [-0.15, -0.1) is 0 Å². The van der Waals surface area contributed by atoms with Crippen molar-refractivity contribution in [1.82, 2.24) is 4.90 Å². The Hall–Kier alpha value is -1.98. The summed E-state index contributed by atoms with van der Waals surface area (Å²) in [6.45, 7) is 1.83. The van der Waals surface area contributed by atoms with Crippen molar-refractivity contribution in [3.63, 3.8) is 0 Å². The lowest BCUT2D eigenvalue weighted by Crippen LogP contribution is -2.45. The summed E-state index contributed by atoms with van der Waals surface area (Å²) in [5.41, 5.74) is -0.750. The minimum absolute atomic E-state index is 0.0907. The van der Waals surface area contributed by atoms with Gasteiger partial charge in [0.25, 0.3) is 0 Å². The number of carboxylic acids is 1. The SMILES string of the molecule is CC[C@@]1(C(=O)O)C[C@@H]2CC[C@H]1N2C(=O)Cc1ccc(F)cc1F. The molecule has 2 fully saturated rings. The van der Waals surface area contributed by atoms with Gasteiger partial charge in [0.1, 0.15) is 11.6 Å². The van der Waals surface area contributed by atoms with Gasteiger partial charge in [0.15, 0.2) is 0 Å². The molecule has 0 unspecified atom stereocenters. The summed E-state index contributed by atoms with van der Waals surface area (Å²) in [6.07, 6.45) is 2.22. The van der Waals surface area contributed by atoms with Crippen molar-refractivity contribution in [3.05, 3.63) is 35.4 Å². The molecule has 1 N–H and O–H groups in total. The van der Waals surface area contributed by atoms with Crippen LogP contribution in [0.1, 0.15) is 38.2 Å². The maximum absolute atomic E-state index is 13.7. The van der Waals surface area contributed by atoms with Gasteiger partial charge in [-0.2, -0.15) is 0 Å². The smallest absolute Gasteiger partial charge is 0.311 e. The number of rotatable bonds is 4. The minimum atomic E-state index is -0.889. The molecule has 0 aliphatic carbocycles. The number of carbonyl (C=O) groups excluding carboxylic acids is 1. The van der Waals surface area contributed by atoms with Crippen LogP contribution in [-0.4, -0.2) is 34.0 Å². The maximum Gasteiger partial charge on any atom is 0.311 e. The number of nitrogens with zero attached hydrogens (tertiary/aromatic N) is 1. The molecule has 2 heterocycles. The Bertz CT molecular complexity index is 663. The highest BCUT2D eigenvalue weighted by Gasteiger charge is 2.60. The first-order valence-electron chi connectivity index (χ1n) is 7.87. The van der Waals surface area contributed by atoms with Crippen LogP contribution >= 0.6 is 0 Å². The Morgan fingerprint density at radius 3 is 2.65 bits per heavy atom. The van der Waals surface area contributed by atoms with Crippen LogP contribution in [0.4, 0.5) is 8.78 Å². The van der Waals surface area contributed by atoms with Gasteiger partial charge in [-0.25, -0.2) is 8.78 Å². The van der Waals surface area contributed by atoms with E-state index >= 15 is 0 Å². The first-order valence-corrected chi connectivity index (χ1v) is 7.87. The van der Waals surface area contributed by atoms with Crippen molar-refractivity contribution in [3.8, 4) is 0 Å². The summed E-state index contributed by atoms with van der Waals surface area (Å²) in [6, 6.07) is 2.73. The van der Waals surface area contributed by atoms with Gasteiger partial charge in [-0.05, 0) is 37.3 Å². The highest BCUT2D eigenvalue weighted by atomic mass is 19.1. The molecule has 2 bridgehead atoms. The minimum Gasteiger partial charge on any atom is -0.481 e. The second kappa shape index (κ2) is 5.58. The van der Waals surface area contributed by atoms with Gasteiger partial charge >= 0.3 is 5.97 Å². The molecule has 4 nitrogen and oxygen atoms in total. The molecule has 124 valence electrons. The average molecular weight is 323 g/mol. The number of fused-ring (bicyclic) bond motifs is 2. The largest absolute Gasteiger partial charge is 0.481 e. The van der Waals surface area contributed by atoms with Crippen LogP contribution in [0.5, 0.6) is 0 Å². The average Bonchev–Trinajstić information content (AvgIpc) is 3.06. The molecule has 1 aromatic carbocycles. The molecule has 0 radical (unpaired) electrons. The number of aliphatic carboxylic acids is 1. The van der Waals surface area contributed by atoms with Crippen LogP contribution < -0.4 is 0 Å². The number of hydrogen-bond donors (Lipinski definition) is 1. The molecule has 23 heavy (non-hydrogen) atoms. The number of hydrogen-bond acceptors (Lipinski definition) is 2. The van der Waals surface area contributed by atoms with Crippen LogP contribution in [-0.2, 0) is 16.0 Å². The fourth-order valence-corrected chi connectivity index (χ4v) is 4.24. The van der Waals surface area contributed by atoms with E-state index in [1.54, 1.807) is 4.90 Å². The van der Waals surface area contributed by atoms with Crippen LogP contribution in [0.2, 0.25) is 0 Å². The Kier molecular flexibility index (Phi) is 3.86. The molecular formula is C17H19F2NO3. The van der Waals surface area contributed by atoms with E-state index in [0.29, 0.717) is 19.3 Å². The lowest BCUT2D eigenvalue weighted by atomic mass is 9.72. The van der Waals surface area contributed by atoms with Crippen molar-refractivity contribution >= 4 is 11.9 Å². The zero-order chi connectivity index (χ0) is 16.8. The van der Waals surface area contributed by atoms with E-state index in [1.807, 2.05) is 6.92 Å². The van der Waals surface area contributed by atoms with Crippen molar-refractivity contribution < 1.29 is 23.5 Å². The van der Waals surface area contributed by atoms with E-state index in [0.717, 1.165) is 18.6 Å². The van der Waals surface area contributed by atoms with E-state index in [2.05, 4.69) is 0 Å². The maximum atomic E-state index is 13.7. The quantitative estimate of drug-likeness (QED) is 0.927. The second-order valence-electron chi connectivity index (χ2n) is 6.48. The monoisotopic (exact) mass is 323 g/mol. The van der Waals surface area contributed by atoms with E-state index in [-0.39, 0.29) is 30.0 Å². The zero-order valence-corrected chi connectivity index (χ0v) is 12.9. The highest BCUT2D eigenvalue weighted by Crippen LogP contribution is 2.52. The van der Waals surface area contributed by atoms with Crippen molar-refractivity contribution in [2.75, 3.05) is 0 Å². The fraction of sp³-hybridized carbons (Fsp3) is 0.529. The predicted molar refractivity (Wildman–Crippen MR) is 78.7 cm³/mol. The highest BCUT2D eigenvalue weighted by molar-refractivity contribution is 5.84. The number of benzene rings is 1. The van der Waals surface area contributed by atoms with Gasteiger partial charge in [0.2, 0.25) is 5.91 Å². The normalized spacial score (nSPS) is 29.1. The third-order valence-electron chi connectivity index (χ3n) is 5.44. The molecule has 3 atom stereocenters. The van der Waals surface area contributed by atoms with E-state index in [9.17, 15) is 23.5 Å². The molecule has 0 aromatic heterocycles. The fourth-order valence-electron chi connectivity index (χ4n) is 4.24. The van der Waals surface area contributed by atoms with E-state index in [4.69, 9.17) is 0 Å². The Balaban J connectivity index is 1.82. The third kappa shape index (κ3) is 2.40. The van der Waals surface area contributed by atoms with Crippen molar-refractivity contribution in [2.24, 2.45) is 5.41 Å². The molecule has 6 heteroatoms. The summed E-state index contributed by atoms with van der Waals surface area (Å²) in [5.74, 6) is -2.57. The van der Waals surface area contributed by atoms with Crippen molar-refractivity contribution in [1.29, 1.82) is 0 Å². The van der Waals surface area contributed by atoms with Crippen LogP contribution in [0.15, 0.2) is 18.2 Å². The van der Waals surface area contributed by atoms with E-state index in [1.165, 1.54) is 6.07 Å². The van der Waals surface area contributed by atoms with Gasteiger partial charge < -0.3 is 10.0 Å². The van der Waals surface area contributed by atoms with Gasteiger partial charge in [0, 0.05) is 18.2 Å². The molecule has 0 spiro atoms. The molecular weight excluding hydrogens is 304 g/mol. The molecule has 1 aromatic rings. The number of amides is 1. The summed E-state index contributed by atoms with van der Waals surface area (Å²) in [7, 11) is 0. The van der Waals surface area contributed by atoms with Crippen molar-refractivity contribution in [2.45, 2.75) is 51.1 Å². The topological polar surface area (TPSA) is 57.6 Å². The molecule has 2 aliphatic heterocycles. The zero-order valence-electron chi connectivity index (χ0n) is 12.9. The Morgan fingerprint density at radius 1 is 1.35 bits per heavy atom. The molecule has 1 amide bonds. The molecule has 2 aliphatic rings. The number of carboxylic acid groups (broad SMARTS) is 1. The second-order valence-corrected chi connectivity index (χ2v) is 6.48. The molecule has 2 saturated heterocycles. The summed E-state index contributed by atoms with van der Waals surface area (Å²) in [4.78, 5) is 26.0. The molecule has 0 saturated carbocycles. The lowest BCUT2D eigenvalue weighted by Gasteiger charge is -2.32. The summed E-state index contributed by atoms with van der Waals surface area (Å²) >= 11 is 0. The van der Waals surface area contributed by atoms with Gasteiger partial charge in [0.05, 0.1) is 11.8 Å². The van der Waals surface area contributed by atoms with Crippen LogP contribution in [0.25, 0.3) is 0 Å². The first-order chi connectivity index (χ1) is 10.9. The first kappa shape index (κ1) is 15.9. The molecule has 3 rings (SSSR count). The van der Waals surface area contributed by atoms with Crippen LogP contribution in [0, 0.1) is 17.0 Å². The summed E-state index contributed by atoms with van der Waals surface area (Å²) in [5, 5.41) is 9.61.